The van der Waals surface area contributed by atoms with Gasteiger partial charge in [0.2, 0.25) is 0 Å². The largest absolute Gasteiger partial charge is 0.313 e. The lowest BCUT2D eigenvalue weighted by Gasteiger charge is -2.10. The fourth-order valence-corrected chi connectivity index (χ4v) is 2.65. The molecule has 1 aliphatic carbocycles. The normalized spacial score (nSPS) is 16.8. The van der Waals surface area contributed by atoms with E-state index < -0.39 is 0 Å². The molecule has 1 aromatic heterocycles. The Labute approximate surface area is 101 Å². The Balaban J connectivity index is 1.62. The molecule has 0 unspecified atom stereocenters. The molecule has 0 bridgehead atoms. The smallest absolute Gasteiger partial charge is 0.187 e. The zero-order valence-corrected chi connectivity index (χ0v) is 10.6. The van der Waals surface area contributed by atoms with Crippen molar-refractivity contribution in [1.82, 2.24) is 15.3 Å². The van der Waals surface area contributed by atoms with E-state index in [1.54, 1.807) is 11.8 Å². The zero-order valence-electron chi connectivity index (χ0n) is 9.78. The second-order valence-electron chi connectivity index (χ2n) is 4.33. The number of thioether (sulfide) groups is 1. The van der Waals surface area contributed by atoms with Gasteiger partial charge in [0.15, 0.2) is 5.16 Å². The molecule has 3 nitrogen and oxygen atoms in total. The molecule has 0 aliphatic heterocycles. The number of rotatable bonds is 5. The predicted octanol–water partition coefficient (Wildman–Crippen LogP) is 2.41. The van der Waals surface area contributed by atoms with Crippen LogP contribution in [0.15, 0.2) is 17.6 Å². The highest BCUT2D eigenvalue weighted by molar-refractivity contribution is 7.99. The van der Waals surface area contributed by atoms with Gasteiger partial charge in [0, 0.05) is 30.7 Å². The third-order valence-electron chi connectivity index (χ3n) is 2.88. The van der Waals surface area contributed by atoms with Crippen LogP contribution in [0.3, 0.4) is 0 Å². The number of nitrogens with zero attached hydrogens (tertiary/aromatic N) is 2. The summed E-state index contributed by atoms with van der Waals surface area (Å²) in [5.41, 5.74) is 1.12. The molecule has 0 spiro atoms. The topological polar surface area (TPSA) is 37.8 Å². The first-order valence-corrected chi connectivity index (χ1v) is 6.98. The molecule has 1 aromatic rings. The molecule has 1 fully saturated rings. The van der Waals surface area contributed by atoms with Gasteiger partial charge < -0.3 is 5.32 Å². The van der Waals surface area contributed by atoms with Gasteiger partial charge in [-0.3, -0.25) is 0 Å². The van der Waals surface area contributed by atoms with Gasteiger partial charge in [-0.2, -0.15) is 0 Å². The molecular weight excluding hydrogens is 218 g/mol. The Morgan fingerprint density at radius 1 is 1.31 bits per heavy atom. The first-order chi connectivity index (χ1) is 7.84. The van der Waals surface area contributed by atoms with E-state index in [4.69, 9.17) is 0 Å². The van der Waals surface area contributed by atoms with Crippen LogP contribution in [0.4, 0.5) is 0 Å². The third kappa shape index (κ3) is 3.76. The quantitative estimate of drug-likeness (QED) is 0.485. The van der Waals surface area contributed by atoms with Crippen molar-refractivity contribution in [3.8, 4) is 0 Å². The number of nitrogens with one attached hydrogen (secondary N) is 1. The molecule has 0 saturated heterocycles. The van der Waals surface area contributed by atoms with Crippen LogP contribution in [0.2, 0.25) is 0 Å². The van der Waals surface area contributed by atoms with Gasteiger partial charge in [-0.25, -0.2) is 9.97 Å². The Kier molecular flexibility index (Phi) is 4.60. The van der Waals surface area contributed by atoms with Crippen molar-refractivity contribution in [2.45, 2.75) is 43.8 Å². The second kappa shape index (κ2) is 6.21. The van der Waals surface area contributed by atoms with Gasteiger partial charge in [0.25, 0.3) is 0 Å². The van der Waals surface area contributed by atoms with Gasteiger partial charge in [0.1, 0.15) is 0 Å². The average Bonchev–Trinajstić information content (AvgIpc) is 2.80. The molecule has 88 valence electrons. The van der Waals surface area contributed by atoms with Crippen molar-refractivity contribution < 1.29 is 0 Å². The number of aromatic nitrogens is 2. The van der Waals surface area contributed by atoms with E-state index in [1.807, 2.05) is 19.3 Å². The van der Waals surface area contributed by atoms with E-state index in [-0.39, 0.29) is 0 Å². The minimum absolute atomic E-state index is 0.763. The highest BCUT2D eigenvalue weighted by Crippen LogP contribution is 2.18. The summed E-state index contributed by atoms with van der Waals surface area (Å²) in [4.78, 5) is 8.54. The van der Waals surface area contributed by atoms with E-state index in [0.29, 0.717) is 0 Å². The molecule has 2 rings (SSSR count). The highest BCUT2D eigenvalue weighted by atomic mass is 32.2. The van der Waals surface area contributed by atoms with E-state index in [9.17, 15) is 0 Å². The summed E-state index contributed by atoms with van der Waals surface area (Å²) in [7, 11) is 0. The van der Waals surface area contributed by atoms with E-state index >= 15 is 0 Å². The summed E-state index contributed by atoms with van der Waals surface area (Å²) < 4.78 is 0. The second-order valence-corrected chi connectivity index (χ2v) is 5.39. The summed E-state index contributed by atoms with van der Waals surface area (Å²) in [6.07, 6.45) is 9.24. The lowest BCUT2D eigenvalue weighted by atomic mass is 10.2. The highest BCUT2D eigenvalue weighted by Gasteiger charge is 2.13. The summed E-state index contributed by atoms with van der Waals surface area (Å²) in [5, 5.41) is 4.47. The SMILES string of the molecule is Cc1cnc(SCCNC2CCCC2)nc1. The van der Waals surface area contributed by atoms with Crippen molar-refractivity contribution in [3.63, 3.8) is 0 Å². The maximum atomic E-state index is 4.27. The Morgan fingerprint density at radius 3 is 2.69 bits per heavy atom. The summed E-state index contributed by atoms with van der Waals surface area (Å²) >= 11 is 1.73. The fraction of sp³-hybridized carbons (Fsp3) is 0.667. The van der Waals surface area contributed by atoms with Crippen LogP contribution in [0.1, 0.15) is 31.2 Å². The lowest BCUT2D eigenvalue weighted by molar-refractivity contribution is 0.545. The summed E-state index contributed by atoms with van der Waals surface area (Å²) in [6.45, 7) is 3.07. The van der Waals surface area contributed by atoms with Crippen LogP contribution in [-0.4, -0.2) is 28.3 Å². The van der Waals surface area contributed by atoms with Gasteiger partial charge in [-0.15, -0.1) is 0 Å². The molecule has 0 atom stereocenters. The Bertz CT molecular complexity index is 307. The third-order valence-corrected chi connectivity index (χ3v) is 3.76. The van der Waals surface area contributed by atoms with Crippen molar-refractivity contribution in [1.29, 1.82) is 0 Å². The predicted molar refractivity (Wildman–Crippen MR) is 67.8 cm³/mol. The summed E-state index contributed by atoms with van der Waals surface area (Å²) in [6, 6.07) is 0.763. The molecule has 16 heavy (non-hydrogen) atoms. The van der Waals surface area contributed by atoms with Gasteiger partial charge in [0.05, 0.1) is 0 Å². The lowest BCUT2D eigenvalue weighted by Crippen LogP contribution is -2.28. The molecule has 1 heterocycles. The number of hydrogen-bond acceptors (Lipinski definition) is 4. The maximum absolute atomic E-state index is 4.27. The van der Waals surface area contributed by atoms with Crippen LogP contribution in [0, 0.1) is 6.92 Å². The maximum Gasteiger partial charge on any atom is 0.187 e. The number of aryl methyl sites for hydroxylation is 1. The Hall–Kier alpha value is -0.610. The van der Waals surface area contributed by atoms with Crippen molar-refractivity contribution in [2.75, 3.05) is 12.3 Å². The van der Waals surface area contributed by atoms with E-state index in [2.05, 4.69) is 15.3 Å². The van der Waals surface area contributed by atoms with Gasteiger partial charge in [-0.05, 0) is 25.3 Å². The van der Waals surface area contributed by atoms with Gasteiger partial charge in [-0.1, -0.05) is 24.6 Å². The van der Waals surface area contributed by atoms with Crippen LogP contribution < -0.4 is 5.32 Å². The molecule has 1 aliphatic rings. The molecule has 4 heteroatoms. The zero-order chi connectivity index (χ0) is 11.2. The van der Waals surface area contributed by atoms with E-state index in [0.717, 1.165) is 29.1 Å². The van der Waals surface area contributed by atoms with Crippen LogP contribution in [0.5, 0.6) is 0 Å². The number of hydrogen-bond donors (Lipinski definition) is 1. The van der Waals surface area contributed by atoms with Crippen LogP contribution in [0.25, 0.3) is 0 Å². The van der Waals surface area contributed by atoms with Crippen LogP contribution >= 0.6 is 11.8 Å². The molecular formula is C12H19N3S. The molecule has 0 radical (unpaired) electrons. The van der Waals surface area contributed by atoms with E-state index in [1.165, 1.54) is 25.7 Å². The van der Waals surface area contributed by atoms with Crippen LogP contribution in [-0.2, 0) is 0 Å². The minimum Gasteiger partial charge on any atom is -0.313 e. The van der Waals surface area contributed by atoms with Crippen molar-refractivity contribution >= 4 is 11.8 Å². The minimum atomic E-state index is 0.763. The Morgan fingerprint density at radius 2 is 2.00 bits per heavy atom. The first kappa shape index (κ1) is 11.9. The first-order valence-electron chi connectivity index (χ1n) is 5.99. The standard InChI is InChI=1S/C12H19N3S/c1-10-8-14-12(15-9-10)16-7-6-13-11-4-2-3-5-11/h8-9,11,13H,2-7H2,1H3. The van der Waals surface area contributed by atoms with Crippen molar-refractivity contribution in [3.05, 3.63) is 18.0 Å². The molecule has 0 aromatic carbocycles. The molecule has 0 amide bonds. The summed E-state index contributed by atoms with van der Waals surface area (Å²) in [5.74, 6) is 1.06. The molecule has 1 N–H and O–H groups in total. The van der Waals surface area contributed by atoms with Gasteiger partial charge >= 0.3 is 0 Å². The fourth-order valence-electron chi connectivity index (χ4n) is 1.99. The average molecular weight is 237 g/mol. The van der Waals surface area contributed by atoms with Crippen molar-refractivity contribution in [2.24, 2.45) is 0 Å². The molecule has 1 saturated carbocycles. The monoisotopic (exact) mass is 237 g/mol.